The lowest BCUT2D eigenvalue weighted by atomic mass is 10.2. The van der Waals surface area contributed by atoms with Gasteiger partial charge in [-0.3, -0.25) is 4.79 Å². The van der Waals surface area contributed by atoms with Gasteiger partial charge in [-0.2, -0.15) is 0 Å². The maximum Gasteiger partial charge on any atom is 0.248 e. The maximum absolute atomic E-state index is 11.9. The van der Waals surface area contributed by atoms with Crippen molar-refractivity contribution in [1.29, 1.82) is 0 Å². The van der Waals surface area contributed by atoms with Crippen LogP contribution in [0.25, 0.3) is 6.08 Å². The lowest BCUT2D eigenvalue weighted by Gasteiger charge is -2.09. The van der Waals surface area contributed by atoms with Crippen molar-refractivity contribution < 1.29 is 14.3 Å². The molecule has 2 aromatic rings. The van der Waals surface area contributed by atoms with E-state index >= 15 is 0 Å². The molecule has 0 unspecified atom stereocenters. The topological polar surface area (TPSA) is 47.6 Å². The highest BCUT2D eigenvalue weighted by Gasteiger charge is 2.04. The van der Waals surface area contributed by atoms with Crippen LogP contribution in [0.5, 0.6) is 11.5 Å². The van der Waals surface area contributed by atoms with Gasteiger partial charge < -0.3 is 14.8 Å². The fourth-order valence-corrected chi connectivity index (χ4v) is 2.08. The molecule has 0 spiro atoms. The molecular weight excluding hydrogens is 314 g/mol. The normalized spacial score (nSPS) is 10.6. The Morgan fingerprint density at radius 3 is 2.57 bits per heavy atom. The fraction of sp³-hybridized carbons (Fsp3) is 0.167. The molecule has 0 atom stereocenters. The molecule has 4 nitrogen and oxygen atoms in total. The molecule has 0 fully saturated rings. The summed E-state index contributed by atoms with van der Waals surface area (Å²) >= 11 is 5.80. The summed E-state index contributed by atoms with van der Waals surface area (Å²) in [6, 6.07) is 12.4. The van der Waals surface area contributed by atoms with Gasteiger partial charge in [0.2, 0.25) is 5.91 Å². The number of nitrogens with one attached hydrogen (secondary N) is 1. The number of benzene rings is 2. The number of carbonyl (C=O) groups is 1. The first-order valence-corrected chi connectivity index (χ1v) is 7.55. The molecule has 0 aromatic heterocycles. The van der Waals surface area contributed by atoms with E-state index in [4.69, 9.17) is 21.1 Å². The van der Waals surface area contributed by atoms with Crippen LogP contribution >= 0.6 is 11.6 Å². The van der Waals surface area contributed by atoms with Crippen LogP contribution in [0.3, 0.4) is 0 Å². The molecule has 0 bridgehead atoms. The third-order valence-corrected chi connectivity index (χ3v) is 3.28. The zero-order valence-corrected chi connectivity index (χ0v) is 13.8. The van der Waals surface area contributed by atoms with E-state index in [2.05, 4.69) is 5.32 Å². The van der Waals surface area contributed by atoms with Gasteiger partial charge in [-0.15, -0.1) is 0 Å². The first kappa shape index (κ1) is 16.9. The summed E-state index contributed by atoms with van der Waals surface area (Å²) < 4.78 is 10.7. The largest absolute Gasteiger partial charge is 0.493 e. The lowest BCUT2D eigenvalue weighted by molar-refractivity contribution is -0.111. The Kier molecular flexibility index (Phi) is 6.06. The Morgan fingerprint density at radius 2 is 1.91 bits per heavy atom. The molecule has 0 saturated carbocycles. The first-order chi connectivity index (χ1) is 11.1. The van der Waals surface area contributed by atoms with Crippen LogP contribution in [0.1, 0.15) is 12.5 Å². The van der Waals surface area contributed by atoms with E-state index in [1.807, 2.05) is 25.1 Å². The first-order valence-electron chi connectivity index (χ1n) is 7.18. The van der Waals surface area contributed by atoms with Crippen molar-refractivity contribution in [2.24, 2.45) is 0 Å². The van der Waals surface area contributed by atoms with Crippen molar-refractivity contribution in [2.75, 3.05) is 19.0 Å². The number of ether oxygens (including phenoxy) is 2. The van der Waals surface area contributed by atoms with Gasteiger partial charge in [-0.1, -0.05) is 17.7 Å². The van der Waals surface area contributed by atoms with E-state index in [0.717, 1.165) is 5.56 Å². The third kappa shape index (κ3) is 5.04. The monoisotopic (exact) mass is 331 g/mol. The van der Waals surface area contributed by atoms with Crippen LogP contribution in [0.2, 0.25) is 5.02 Å². The number of amides is 1. The molecule has 23 heavy (non-hydrogen) atoms. The number of hydrogen-bond acceptors (Lipinski definition) is 3. The summed E-state index contributed by atoms with van der Waals surface area (Å²) in [5.74, 6) is 1.09. The fourth-order valence-electron chi connectivity index (χ4n) is 1.95. The van der Waals surface area contributed by atoms with E-state index in [-0.39, 0.29) is 5.91 Å². The Morgan fingerprint density at radius 1 is 1.17 bits per heavy atom. The van der Waals surface area contributed by atoms with Crippen LogP contribution < -0.4 is 14.8 Å². The molecule has 0 aliphatic carbocycles. The van der Waals surface area contributed by atoms with Crippen molar-refractivity contribution in [3.05, 3.63) is 59.1 Å². The minimum absolute atomic E-state index is 0.222. The molecule has 2 aromatic carbocycles. The number of rotatable bonds is 6. The standard InChI is InChI=1S/C18H18ClNO3/c1-3-23-16-10-4-13(12-17(16)22-2)5-11-18(21)20-15-8-6-14(19)7-9-15/h4-12H,3H2,1-2H3,(H,20,21)/b11-5+. The van der Waals surface area contributed by atoms with Crippen LogP contribution in [0, 0.1) is 0 Å². The molecule has 2 rings (SSSR count). The number of methoxy groups -OCH3 is 1. The minimum Gasteiger partial charge on any atom is -0.493 e. The Balaban J connectivity index is 2.04. The number of hydrogen-bond donors (Lipinski definition) is 1. The molecule has 120 valence electrons. The summed E-state index contributed by atoms with van der Waals surface area (Å²) in [6.45, 7) is 2.48. The van der Waals surface area contributed by atoms with E-state index < -0.39 is 0 Å². The highest BCUT2D eigenvalue weighted by Crippen LogP contribution is 2.28. The van der Waals surface area contributed by atoms with Gasteiger partial charge in [0.25, 0.3) is 0 Å². The van der Waals surface area contributed by atoms with Crippen molar-refractivity contribution in [1.82, 2.24) is 0 Å². The highest BCUT2D eigenvalue weighted by molar-refractivity contribution is 6.30. The van der Waals surface area contributed by atoms with Gasteiger partial charge in [-0.25, -0.2) is 0 Å². The second kappa shape index (κ2) is 8.25. The Bertz CT molecular complexity index is 696. The van der Waals surface area contributed by atoms with Crippen LogP contribution in [-0.2, 0) is 4.79 Å². The summed E-state index contributed by atoms with van der Waals surface area (Å²) in [7, 11) is 1.58. The third-order valence-electron chi connectivity index (χ3n) is 3.03. The smallest absolute Gasteiger partial charge is 0.248 e. The summed E-state index contributed by atoms with van der Waals surface area (Å²) in [5, 5.41) is 3.38. The van der Waals surface area contributed by atoms with Gasteiger partial charge in [0.05, 0.1) is 13.7 Å². The van der Waals surface area contributed by atoms with Crippen molar-refractivity contribution >= 4 is 29.3 Å². The Hall–Kier alpha value is -2.46. The zero-order valence-electron chi connectivity index (χ0n) is 13.0. The van der Waals surface area contributed by atoms with Crippen molar-refractivity contribution in [3.63, 3.8) is 0 Å². The average molecular weight is 332 g/mol. The van der Waals surface area contributed by atoms with Crippen molar-refractivity contribution in [3.8, 4) is 11.5 Å². The van der Waals surface area contributed by atoms with Crippen LogP contribution in [0.15, 0.2) is 48.5 Å². The molecule has 0 radical (unpaired) electrons. The number of anilines is 1. The van der Waals surface area contributed by atoms with Gasteiger partial charge in [-0.05, 0) is 55.0 Å². The predicted octanol–water partition coefficient (Wildman–Crippen LogP) is 4.40. The second-order valence-electron chi connectivity index (χ2n) is 4.67. The molecule has 1 N–H and O–H groups in total. The number of halogens is 1. The average Bonchev–Trinajstić information content (AvgIpc) is 2.56. The molecular formula is C18H18ClNO3. The molecule has 5 heteroatoms. The van der Waals surface area contributed by atoms with E-state index in [0.29, 0.717) is 28.8 Å². The van der Waals surface area contributed by atoms with Crippen LogP contribution in [0.4, 0.5) is 5.69 Å². The van der Waals surface area contributed by atoms with E-state index in [1.165, 1.54) is 6.08 Å². The van der Waals surface area contributed by atoms with E-state index in [9.17, 15) is 4.79 Å². The highest BCUT2D eigenvalue weighted by atomic mass is 35.5. The van der Waals surface area contributed by atoms with Gasteiger partial charge >= 0.3 is 0 Å². The summed E-state index contributed by atoms with van der Waals surface area (Å²) in [6.07, 6.45) is 3.17. The Labute approximate surface area is 140 Å². The predicted molar refractivity (Wildman–Crippen MR) is 93.3 cm³/mol. The lowest BCUT2D eigenvalue weighted by Crippen LogP contribution is -2.07. The number of carbonyl (C=O) groups excluding carboxylic acids is 1. The van der Waals surface area contributed by atoms with Crippen LogP contribution in [-0.4, -0.2) is 19.6 Å². The molecule has 1 amide bonds. The summed E-state index contributed by atoms with van der Waals surface area (Å²) in [5.41, 5.74) is 1.53. The van der Waals surface area contributed by atoms with Crippen molar-refractivity contribution in [2.45, 2.75) is 6.92 Å². The van der Waals surface area contributed by atoms with Gasteiger partial charge in [0.15, 0.2) is 11.5 Å². The second-order valence-corrected chi connectivity index (χ2v) is 5.11. The molecule has 0 aliphatic heterocycles. The minimum atomic E-state index is -0.222. The van der Waals surface area contributed by atoms with Gasteiger partial charge in [0.1, 0.15) is 0 Å². The SMILES string of the molecule is CCOc1ccc(/C=C/C(=O)Nc2ccc(Cl)cc2)cc1OC. The zero-order chi connectivity index (χ0) is 16.7. The molecule has 0 aliphatic rings. The molecule has 0 heterocycles. The molecule has 0 saturated heterocycles. The quantitative estimate of drug-likeness (QED) is 0.798. The summed E-state index contributed by atoms with van der Waals surface area (Å²) in [4.78, 5) is 11.9. The van der Waals surface area contributed by atoms with E-state index in [1.54, 1.807) is 37.5 Å². The van der Waals surface area contributed by atoms with Gasteiger partial charge in [0, 0.05) is 16.8 Å². The maximum atomic E-state index is 11.9.